The quantitative estimate of drug-likeness (QED) is 0.732. The van der Waals surface area contributed by atoms with Gasteiger partial charge < -0.3 is 15.7 Å². The number of hydrogen-bond donors (Lipinski definition) is 3. The highest BCUT2D eigenvalue weighted by Gasteiger charge is 2.21. The number of rotatable bonds is 4. The summed E-state index contributed by atoms with van der Waals surface area (Å²) >= 11 is 0. The Morgan fingerprint density at radius 2 is 1.64 bits per heavy atom. The Kier molecular flexibility index (Phi) is 5.33. The van der Waals surface area contributed by atoms with Crippen molar-refractivity contribution in [2.45, 2.75) is 32.1 Å². The van der Waals surface area contributed by atoms with E-state index in [4.69, 9.17) is 0 Å². The second kappa shape index (κ2) is 7.83. The fourth-order valence-corrected chi connectivity index (χ4v) is 3.11. The number of carbonyl (C=O) groups is 2. The van der Waals surface area contributed by atoms with Crippen molar-refractivity contribution in [3.63, 3.8) is 0 Å². The summed E-state index contributed by atoms with van der Waals surface area (Å²) in [6.07, 6.45) is 5.22. The first-order valence-electron chi connectivity index (χ1n) is 8.64. The Labute approximate surface area is 147 Å². The van der Waals surface area contributed by atoms with Crippen molar-refractivity contribution in [1.82, 2.24) is 0 Å². The number of phenols is 1. The van der Waals surface area contributed by atoms with Gasteiger partial charge in [0, 0.05) is 23.2 Å². The third kappa shape index (κ3) is 4.38. The molecular weight excluding hydrogens is 316 g/mol. The van der Waals surface area contributed by atoms with E-state index in [1.165, 1.54) is 12.5 Å². The van der Waals surface area contributed by atoms with Crippen molar-refractivity contribution in [3.05, 3.63) is 54.1 Å². The zero-order valence-corrected chi connectivity index (χ0v) is 14.0. The van der Waals surface area contributed by atoms with Crippen molar-refractivity contribution < 1.29 is 14.7 Å². The number of hydrogen-bond acceptors (Lipinski definition) is 3. The molecule has 3 rings (SSSR count). The number of anilines is 2. The van der Waals surface area contributed by atoms with E-state index in [9.17, 15) is 14.7 Å². The average molecular weight is 338 g/mol. The summed E-state index contributed by atoms with van der Waals surface area (Å²) in [7, 11) is 0. The van der Waals surface area contributed by atoms with Gasteiger partial charge in [-0.3, -0.25) is 9.59 Å². The molecule has 2 amide bonds. The van der Waals surface area contributed by atoms with Gasteiger partial charge in [-0.25, -0.2) is 0 Å². The standard InChI is InChI=1S/C20H22N2O3/c23-18-13-16(21-19(24)14-7-3-1-4-8-14)11-12-17(18)22-20(25)15-9-5-2-6-10-15/h2,5-6,9-14,23H,1,3-4,7-8H2,(H,21,24)(H,22,25). The SMILES string of the molecule is O=C(Nc1ccc(NC(=O)C2CCCCC2)cc1O)c1ccccc1. The van der Waals surface area contributed by atoms with Crippen LogP contribution in [0.2, 0.25) is 0 Å². The largest absolute Gasteiger partial charge is 0.506 e. The number of aromatic hydroxyl groups is 1. The Morgan fingerprint density at radius 1 is 0.920 bits per heavy atom. The van der Waals surface area contributed by atoms with Gasteiger partial charge in [-0.15, -0.1) is 0 Å². The predicted molar refractivity (Wildman–Crippen MR) is 97.7 cm³/mol. The summed E-state index contributed by atoms with van der Waals surface area (Å²) in [5, 5.41) is 15.7. The van der Waals surface area contributed by atoms with Gasteiger partial charge in [0.1, 0.15) is 5.75 Å². The Balaban J connectivity index is 1.64. The van der Waals surface area contributed by atoms with Crippen LogP contribution in [0.15, 0.2) is 48.5 Å². The van der Waals surface area contributed by atoms with Gasteiger partial charge in [-0.2, -0.15) is 0 Å². The molecule has 3 N–H and O–H groups in total. The Morgan fingerprint density at radius 3 is 2.32 bits per heavy atom. The molecular formula is C20H22N2O3. The molecule has 0 spiro atoms. The van der Waals surface area contributed by atoms with Gasteiger partial charge in [-0.1, -0.05) is 37.5 Å². The molecule has 1 saturated carbocycles. The van der Waals surface area contributed by atoms with Crippen LogP contribution in [0.3, 0.4) is 0 Å². The molecule has 0 heterocycles. The molecule has 25 heavy (non-hydrogen) atoms. The van der Waals surface area contributed by atoms with Gasteiger partial charge in [0.25, 0.3) is 5.91 Å². The molecule has 130 valence electrons. The van der Waals surface area contributed by atoms with E-state index in [1.807, 2.05) is 6.07 Å². The van der Waals surface area contributed by atoms with Gasteiger partial charge in [0.15, 0.2) is 0 Å². The van der Waals surface area contributed by atoms with Gasteiger partial charge >= 0.3 is 0 Å². The van der Waals surface area contributed by atoms with Crippen molar-refractivity contribution in [2.75, 3.05) is 10.6 Å². The summed E-state index contributed by atoms with van der Waals surface area (Å²) in [5.74, 6) is -0.325. The molecule has 5 heteroatoms. The molecule has 1 fully saturated rings. The molecule has 1 aliphatic carbocycles. The Hall–Kier alpha value is -2.82. The van der Waals surface area contributed by atoms with Crippen LogP contribution < -0.4 is 10.6 Å². The molecule has 0 unspecified atom stereocenters. The van der Waals surface area contributed by atoms with Crippen LogP contribution >= 0.6 is 0 Å². The number of amides is 2. The first-order valence-corrected chi connectivity index (χ1v) is 8.64. The van der Waals surface area contributed by atoms with Crippen molar-refractivity contribution in [1.29, 1.82) is 0 Å². The minimum atomic E-state index is -0.296. The van der Waals surface area contributed by atoms with Crippen LogP contribution in [0.25, 0.3) is 0 Å². The van der Waals surface area contributed by atoms with E-state index < -0.39 is 0 Å². The van der Waals surface area contributed by atoms with Crippen molar-refractivity contribution >= 4 is 23.2 Å². The van der Waals surface area contributed by atoms with E-state index in [-0.39, 0.29) is 23.5 Å². The maximum atomic E-state index is 12.3. The monoisotopic (exact) mass is 338 g/mol. The number of carbonyl (C=O) groups excluding carboxylic acids is 2. The number of phenolic OH excluding ortho intramolecular Hbond substituents is 1. The maximum Gasteiger partial charge on any atom is 0.255 e. The second-order valence-electron chi connectivity index (χ2n) is 6.38. The molecule has 0 atom stereocenters. The average Bonchev–Trinajstić information content (AvgIpc) is 2.65. The lowest BCUT2D eigenvalue weighted by Gasteiger charge is -2.21. The first kappa shape index (κ1) is 17.0. The molecule has 0 radical (unpaired) electrons. The highest BCUT2D eigenvalue weighted by Crippen LogP contribution is 2.29. The lowest BCUT2D eigenvalue weighted by molar-refractivity contribution is -0.120. The lowest BCUT2D eigenvalue weighted by atomic mass is 9.88. The van der Waals surface area contributed by atoms with Crippen LogP contribution in [-0.2, 0) is 4.79 Å². The molecule has 2 aromatic carbocycles. The molecule has 0 saturated heterocycles. The highest BCUT2D eigenvalue weighted by molar-refractivity contribution is 6.05. The van der Waals surface area contributed by atoms with Crippen LogP contribution in [0.1, 0.15) is 42.5 Å². The van der Waals surface area contributed by atoms with Crippen LogP contribution in [0.5, 0.6) is 5.75 Å². The summed E-state index contributed by atoms with van der Waals surface area (Å²) in [4.78, 5) is 24.4. The van der Waals surface area contributed by atoms with Gasteiger partial charge in [0.2, 0.25) is 5.91 Å². The number of benzene rings is 2. The summed E-state index contributed by atoms with van der Waals surface area (Å²) in [5.41, 5.74) is 1.35. The van der Waals surface area contributed by atoms with E-state index in [0.717, 1.165) is 25.7 Å². The smallest absolute Gasteiger partial charge is 0.255 e. The summed E-state index contributed by atoms with van der Waals surface area (Å²) in [6.45, 7) is 0. The summed E-state index contributed by atoms with van der Waals surface area (Å²) in [6, 6.07) is 13.5. The zero-order chi connectivity index (χ0) is 17.6. The van der Waals surface area contributed by atoms with E-state index in [0.29, 0.717) is 16.9 Å². The lowest BCUT2D eigenvalue weighted by Crippen LogP contribution is -2.24. The predicted octanol–water partition coefficient (Wildman–Crippen LogP) is 4.16. The third-order valence-corrected chi connectivity index (χ3v) is 4.53. The van der Waals surface area contributed by atoms with E-state index in [2.05, 4.69) is 10.6 Å². The van der Waals surface area contributed by atoms with Gasteiger partial charge in [0.05, 0.1) is 5.69 Å². The van der Waals surface area contributed by atoms with Gasteiger partial charge in [-0.05, 0) is 37.1 Å². The maximum absolute atomic E-state index is 12.3. The molecule has 5 nitrogen and oxygen atoms in total. The molecule has 0 aromatic heterocycles. The van der Waals surface area contributed by atoms with Crippen LogP contribution in [-0.4, -0.2) is 16.9 Å². The molecule has 1 aliphatic rings. The zero-order valence-electron chi connectivity index (χ0n) is 14.0. The van der Waals surface area contributed by atoms with E-state index in [1.54, 1.807) is 36.4 Å². The molecule has 2 aromatic rings. The van der Waals surface area contributed by atoms with Crippen LogP contribution in [0, 0.1) is 5.92 Å². The van der Waals surface area contributed by atoms with Crippen molar-refractivity contribution in [3.8, 4) is 5.75 Å². The Bertz CT molecular complexity index is 753. The molecule has 0 aliphatic heterocycles. The van der Waals surface area contributed by atoms with Crippen molar-refractivity contribution in [2.24, 2.45) is 5.92 Å². The van der Waals surface area contributed by atoms with Crippen LogP contribution in [0.4, 0.5) is 11.4 Å². The summed E-state index contributed by atoms with van der Waals surface area (Å²) < 4.78 is 0. The normalized spacial score (nSPS) is 14.7. The number of nitrogens with one attached hydrogen (secondary N) is 2. The fraction of sp³-hybridized carbons (Fsp3) is 0.300. The minimum Gasteiger partial charge on any atom is -0.506 e. The third-order valence-electron chi connectivity index (χ3n) is 4.53. The fourth-order valence-electron chi connectivity index (χ4n) is 3.11. The highest BCUT2D eigenvalue weighted by atomic mass is 16.3. The van der Waals surface area contributed by atoms with E-state index >= 15 is 0 Å². The first-order chi connectivity index (χ1) is 12.1. The topological polar surface area (TPSA) is 78.4 Å². The minimum absolute atomic E-state index is 0.000158. The second-order valence-corrected chi connectivity index (χ2v) is 6.38. The molecule has 0 bridgehead atoms.